The number of hydrogen-bond acceptors (Lipinski definition) is 7. The number of nitrogens with zero attached hydrogens (tertiary/aromatic N) is 6. The SMILES string of the molecule is CC1CN(c2cc(-c3cnc4ccc(C(F)F)nn34)ncn2)C(C)C(CN[S+](C)[O-])=C1F. The molecule has 0 saturated carbocycles. The predicted molar refractivity (Wildman–Crippen MR) is 115 cm³/mol. The predicted octanol–water partition coefficient (Wildman–Crippen LogP) is 3.08. The number of fused-ring (bicyclic) bond motifs is 1. The average molecular weight is 466 g/mol. The molecule has 3 aromatic heterocycles. The molecule has 3 atom stereocenters. The fourth-order valence-corrected chi connectivity index (χ4v) is 4.12. The second-order valence-electron chi connectivity index (χ2n) is 7.61. The van der Waals surface area contributed by atoms with E-state index in [1.54, 1.807) is 13.0 Å². The summed E-state index contributed by atoms with van der Waals surface area (Å²) in [7, 11) is 0. The van der Waals surface area contributed by atoms with Crippen LogP contribution in [-0.2, 0) is 11.4 Å². The zero-order valence-corrected chi connectivity index (χ0v) is 18.5. The van der Waals surface area contributed by atoms with Gasteiger partial charge in [-0.15, -0.1) is 4.72 Å². The lowest BCUT2D eigenvalue weighted by atomic mass is 9.93. The summed E-state index contributed by atoms with van der Waals surface area (Å²) in [6.07, 6.45) is 1.66. The van der Waals surface area contributed by atoms with Gasteiger partial charge >= 0.3 is 0 Å². The molecule has 0 spiro atoms. The van der Waals surface area contributed by atoms with Gasteiger partial charge in [-0.1, -0.05) is 6.92 Å². The Morgan fingerprint density at radius 2 is 2.03 bits per heavy atom. The molecule has 170 valence electrons. The minimum atomic E-state index is -2.71. The Kier molecular flexibility index (Phi) is 6.35. The molecule has 3 unspecified atom stereocenters. The molecule has 0 amide bonds. The Balaban J connectivity index is 1.69. The van der Waals surface area contributed by atoms with Crippen molar-refractivity contribution in [3.8, 4) is 11.4 Å². The number of nitrogens with one attached hydrogen (secondary N) is 1. The van der Waals surface area contributed by atoms with Gasteiger partial charge in [0.2, 0.25) is 0 Å². The third kappa shape index (κ3) is 4.30. The first-order valence-corrected chi connectivity index (χ1v) is 11.5. The Morgan fingerprint density at radius 1 is 1.25 bits per heavy atom. The van der Waals surface area contributed by atoms with E-state index in [0.717, 1.165) is 0 Å². The average Bonchev–Trinajstić information content (AvgIpc) is 3.19. The minimum absolute atomic E-state index is 0.155. The van der Waals surface area contributed by atoms with Gasteiger partial charge in [0.25, 0.3) is 6.43 Å². The second kappa shape index (κ2) is 9.04. The van der Waals surface area contributed by atoms with Crippen molar-refractivity contribution in [3.05, 3.63) is 47.8 Å². The van der Waals surface area contributed by atoms with Gasteiger partial charge in [-0.05, 0) is 19.1 Å². The molecule has 1 aliphatic rings. The molecule has 0 aliphatic carbocycles. The maximum atomic E-state index is 14.8. The fourth-order valence-electron chi connectivity index (χ4n) is 3.76. The molecule has 4 heterocycles. The van der Waals surface area contributed by atoms with Crippen LogP contribution in [0.3, 0.4) is 0 Å². The van der Waals surface area contributed by atoms with E-state index in [9.17, 15) is 17.7 Å². The molecule has 8 nitrogen and oxygen atoms in total. The Bertz CT molecular complexity index is 1150. The molecule has 0 fully saturated rings. The molecule has 3 aromatic rings. The number of alkyl halides is 2. The van der Waals surface area contributed by atoms with E-state index in [1.165, 1.54) is 35.4 Å². The molecule has 0 radical (unpaired) electrons. The van der Waals surface area contributed by atoms with Crippen molar-refractivity contribution in [1.82, 2.24) is 29.3 Å². The number of hydrogen-bond donors (Lipinski definition) is 1. The normalized spacial score (nSPS) is 20.4. The molecule has 12 heteroatoms. The van der Waals surface area contributed by atoms with Gasteiger partial charge in [-0.3, -0.25) is 0 Å². The summed E-state index contributed by atoms with van der Waals surface area (Å²) in [4.78, 5) is 14.8. The van der Waals surface area contributed by atoms with Gasteiger partial charge in [0, 0.05) is 35.5 Å². The van der Waals surface area contributed by atoms with Crippen LogP contribution < -0.4 is 9.62 Å². The minimum Gasteiger partial charge on any atom is -0.598 e. The van der Waals surface area contributed by atoms with E-state index >= 15 is 0 Å². The summed E-state index contributed by atoms with van der Waals surface area (Å²) >= 11 is -1.27. The Hall–Kier alpha value is -2.70. The second-order valence-corrected chi connectivity index (χ2v) is 8.81. The molecular weight excluding hydrogens is 443 g/mol. The Labute approximate surface area is 185 Å². The van der Waals surface area contributed by atoms with Crippen LogP contribution >= 0.6 is 0 Å². The molecule has 0 bridgehead atoms. The van der Waals surface area contributed by atoms with Gasteiger partial charge in [-0.2, -0.15) is 5.10 Å². The van der Waals surface area contributed by atoms with Crippen LogP contribution in [0.25, 0.3) is 17.0 Å². The van der Waals surface area contributed by atoms with E-state index in [1.807, 2.05) is 11.8 Å². The third-order valence-electron chi connectivity index (χ3n) is 5.46. The highest BCUT2D eigenvalue weighted by Crippen LogP contribution is 2.33. The Morgan fingerprint density at radius 3 is 2.75 bits per heavy atom. The summed E-state index contributed by atoms with van der Waals surface area (Å²) in [6, 6.07) is 4.07. The lowest BCUT2D eigenvalue weighted by molar-refractivity contribution is 0.144. The summed E-state index contributed by atoms with van der Waals surface area (Å²) in [5, 5.41) is 3.98. The van der Waals surface area contributed by atoms with E-state index < -0.39 is 17.8 Å². The van der Waals surface area contributed by atoms with Crippen molar-refractivity contribution in [2.75, 3.05) is 24.2 Å². The third-order valence-corrected chi connectivity index (χ3v) is 6.01. The van der Waals surface area contributed by atoms with Gasteiger partial charge in [0.1, 0.15) is 35.6 Å². The topological polar surface area (TPSA) is 94.3 Å². The van der Waals surface area contributed by atoms with Crippen LogP contribution in [0.4, 0.5) is 19.0 Å². The first-order valence-electron chi connectivity index (χ1n) is 9.93. The highest BCUT2D eigenvalue weighted by atomic mass is 32.2. The molecule has 1 aliphatic heterocycles. The standard InChI is InChI=1S/C20H22F3N7OS/c1-11-9-29(12(2)13(19(11)21)7-27-32(3)31)18-6-15(25-10-26-18)16-8-24-17-5-4-14(20(22)23)28-30(16)17/h4-6,8,10-12,20,27H,7,9H2,1-3H3. The van der Waals surface area contributed by atoms with E-state index in [-0.39, 0.29) is 30.0 Å². The first-order chi connectivity index (χ1) is 15.3. The maximum Gasteiger partial charge on any atom is 0.282 e. The van der Waals surface area contributed by atoms with E-state index in [2.05, 4.69) is 24.8 Å². The van der Waals surface area contributed by atoms with Gasteiger partial charge in [-0.25, -0.2) is 32.6 Å². The molecule has 4 rings (SSSR count). The van der Waals surface area contributed by atoms with Crippen LogP contribution in [0.5, 0.6) is 0 Å². The summed E-state index contributed by atoms with van der Waals surface area (Å²) in [5.41, 5.74) is 1.45. The number of anilines is 1. The highest BCUT2D eigenvalue weighted by molar-refractivity contribution is 7.88. The smallest absolute Gasteiger partial charge is 0.282 e. The fraction of sp³-hybridized carbons (Fsp3) is 0.400. The number of imidazole rings is 1. The van der Waals surface area contributed by atoms with Crippen molar-refractivity contribution in [1.29, 1.82) is 0 Å². The number of aromatic nitrogens is 5. The van der Waals surface area contributed by atoms with Crippen molar-refractivity contribution >= 4 is 22.8 Å². The summed E-state index contributed by atoms with van der Waals surface area (Å²) in [5.74, 6) is -0.0406. The van der Waals surface area contributed by atoms with Crippen LogP contribution in [0, 0.1) is 5.92 Å². The van der Waals surface area contributed by atoms with Crippen LogP contribution in [0.1, 0.15) is 26.0 Å². The summed E-state index contributed by atoms with van der Waals surface area (Å²) < 4.78 is 56.6. The monoisotopic (exact) mass is 465 g/mol. The highest BCUT2D eigenvalue weighted by Gasteiger charge is 2.32. The largest absolute Gasteiger partial charge is 0.598 e. The van der Waals surface area contributed by atoms with Crippen LogP contribution in [0.15, 0.2) is 42.1 Å². The first kappa shape index (κ1) is 22.5. The van der Waals surface area contributed by atoms with E-state index in [4.69, 9.17) is 0 Å². The molecule has 1 N–H and O–H groups in total. The van der Waals surface area contributed by atoms with Crippen molar-refractivity contribution in [2.24, 2.45) is 5.92 Å². The van der Waals surface area contributed by atoms with Crippen molar-refractivity contribution in [2.45, 2.75) is 26.3 Å². The number of halogens is 3. The summed E-state index contributed by atoms with van der Waals surface area (Å²) in [6.45, 7) is 4.18. The zero-order valence-electron chi connectivity index (χ0n) is 17.7. The van der Waals surface area contributed by atoms with Gasteiger partial charge in [0.15, 0.2) is 5.65 Å². The quantitative estimate of drug-likeness (QED) is 0.559. The van der Waals surface area contributed by atoms with E-state index in [0.29, 0.717) is 35.0 Å². The van der Waals surface area contributed by atoms with Crippen LogP contribution in [-0.4, -0.2) is 54.5 Å². The lowest BCUT2D eigenvalue weighted by Crippen LogP contribution is -2.45. The molecule has 0 aromatic carbocycles. The zero-order chi connectivity index (χ0) is 23.0. The van der Waals surface area contributed by atoms with Crippen molar-refractivity contribution < 1.29 is 17.7 Å². The lowest BCUT2D eigenvalue weighted by Gasteiger charge is -2.38. The van der Waals surface area contributed by atoms with Crippen LogP contribution in [0.2, 0.25) is 0 Å². The van der Waals surface area contributed by atoms with Gasteiger partial charge in [0.05, 0.1) is 24.5 Å². The van der Waals surface area contributed by atoms with Gasteiger partial charge < -0.3 is 9.45 Å². The van der Waals surface area contributed by atoms with Crippen molar-refractivity contribution in [3.63, 3.8) is 0 Å². The molecule has 32 heavy (non-hydrogen) atoms. The molecule has 0 saturated heterocycles. The molecular formula is C20H22F3N7OS. The number of rotatable bonds is 6. The maximum absolute atomic E-state index is 14.8.